The molecule has 0 saturated heterocycles. The SMILES string of the molecule is CC(=O)Nc1ccc(NC(=O)c2cnc(C(C)C)nc2C)cc1. The van der Waals surface area contributed by atoms with E-state index >= 15 is 0 Å². The van der Waals surface area contributed by atoms with E-state index in [-0.39, 0.29) is 17.7 Å². The molecule has 0 spiro atoms. The maximum Gasteiger partial charge on any atom is 0.259 e. The zero-order valence-electron chi connectivity index (χ0n) is 13.7. The van der Waals surface area contributed by atoms with Gasteiger partial charge < -0.3 is 10.6 Å². The summed E-state index contributed by atoms with van der Waals surface area (Å²) in [6.07, 6.45) is 1.55. The highest BCUT2D eigenvalue weighted by atomic mass is 16.2. The summed E-state index contributed by atoms with van der Waals surface area (Å²) in [5.74, 6) is 0.538. The van der Waals surface area contributed by atoms with Crippen molar-refractivity contribution in [2.24, 2.45) is 0 Å². The average molecular weight is 312 g/mol. The molecule has 0 fully saturated rings. The molecule has 23 heavy (non-hydrogen) atoms. The molecule has 0 saturated carbocycles. The van der Waals surface area contributed by atoms with Crippen molar-refractivity contribution in [1.82, 2.24) is 9.97 Å². The first-order chi connectivity index (χ1) is 10.9. The summed E-state index contributed by atoms with van der Waals surface area (Å²) < 4.78 is 0. The lowest BCUT2D eigenvalue weighted by Crippen LogP contribution is -2.16. The van der Waals surface area contributed by atoms with Crippen molar-refractivity contribution in [1.29, 1.82) is 0 Å². The van der Waals surface area contributed by atoms with Gasteiger partial charge in [0.2, 0.25) is 5.91 Å². The Morgan fingerprint density at radius 1 is 1.04 bits per heavy atom. The molecule has 0 aliphatic carbocycles. The molecule has 6 heteroatoms. The van der Waals surface area contributed by atoms with E-state index in [2.05, 4.69) is 20.6 Å². The number of carbonyl (C=O) groups excluding carboxylic acids is 2. The molecule has 0 bridgehead atoms. The van der Waals surface area contributed by atoms with Crippen LogP contribution in [-0.4, -0.2) is 21.8 Å². The minimum atomic E-state index is -0.259. The zero-order valence-corrected chi connectivity index (χ0v) is 13.7. The number of nitrogens with zero attached hydrogens (tertiary/aromatic N) is 2. The van der Waals surface area contributed by atoms with Gasteiger partial charge in [-0.1, -0.05) is 13.8 Å². The van der Waals surface area contributed by atoms with Crippen LogP contribution in [0.1, 0.15) is 48.6 Å². The molecule has 0 aliphatic rings. The van der Waals surface area contributed by atoms with Gasteiger partial charge in [-0.05, 0) is 31.2 Å². The first kappa shape index (κ1) is 16.6. The first-order valence-corrected chi connectivity index (χ1v) is 7.39. The van der Waals surface area contributed by atoms with E-state index in [0.29, 0.717) is 22.6 Å². The summed E-state index contributed by atoms with van der Waals surface area (Å²) in [4.78, 5) is 31.9. The van der Waals surface area contributed by atoms with Crippen LogP contribution in [0.2, 0.25) is 0 Å². The smallest absolute Gasteiger partial charge is 0.259 e. The molecule has 2 aromatic rings. The topological polar surface area (TPSA) is 84.0 Å². The van der Waals surface area contributed by atoms with Crippen LogP contribution in [0.15, 0.2) is 30.5 Å². The van der Waals surface area contributed by atoms with Crippen LogP contribution in [0.5, 0.6) is 0 Å². The Morgan fingerprint density at radius 2 is 1.61 bits per heavy atom. The fraction of sp³-hybridized carbons (Fsp3) is 0.294. The number of nitrogens with one attached hydrogen (secondary N) is 2. The first-order valence-electron chi connectivity index (χ1n) is 7.39. The highest BCUT2D eigenvalue weighted by molar-refractivity contribution is 6.04. The number of rotatable bonds is 4. The number of benzene rings is 1. The molecular weight excluding hydrogens is 292 g/mol. The molecule has 1 aromatic heterocycles. The zero-order chi connectivity index (χ0) is 17.0. The number of anilines is 2. The summed E-state index contributed by atoms with van der Waals surface area (Å²) >= 11 is 0. The van der Waals surface area contributed by atoms with Crippen LogP contribution in [0.4, 0.5) is 11.4 Å². The van der Waals surface area contributed by atoms with Gasteiger partial charge in [-0.15, -0.1) is 0 Å². The highest BCUT2D eigenvalue weighted by Crippen LogP contribution is 2.16. The summed E-state index contributed by atoms with van der Waals surface area (Å²) in [5, 5.41) is 5.47. The Morgan fingerprint density at radius 3 is 2.09 bits per heavy atom. The Kier molecular flexibility index (Phi) is 5.05. The lowest BCUT2D eigenvalue weighted by Gasteiger charge is -2.10. The minimum absolute atomic E-state index is 0.139. The molecule has 0 radical (unpaired) electrons. The van der Waals surface area contributed by atoms with Gasteiger partial charge in [-0.3, -0.25) is 9.59 Å². The molecule has 0 aliphatic heterocycles. The van der Waals surface area contributed by atoms with Gasteiger partial charge >= 0.3 is 0 Å². The second-order valence-corrected chi connectivity index (χ2v) is 5.59. The molecule has 1 aromatic carbocycles. The van der Waals surface area contributed by atoms with Gasteiger partial charge in [-0.25, -0.2) is 9.97 Å². The molecule has 1 heterocycles. The molecule has 6 nitrogen and oxygen atoms in total. The van der Waals surface area contributed by atoms with Crippen LogP contribution in [0.25, 0.3) is 0 Å². The Balaban J connectivity index is 2.11. The standard InChI is InChI=1S/C17H20N4O2/c1-10(2)16-18-9-15(11(3)19-16)17(23)21-14-7-5-13(6-8-14)20-12(4)22/h5-10H,1-4H3,(H,20,22)(H,21,23). The van der Waals surface area contributed by atoms with E-state index in [1.165, 1.54) is 6.92 Å². The maximum atomic E-state index is 12.3. The van der Waals surface area contributed by atoms with Gasteiger partial charge in [0.1, 0.15) is 5.82 Å². The number of amides is 2. The largest absolute Gasteiger partial charge is 0.326 e. The van der Waals surface area contributed by atoms with Crippen LogP contribution >= 0.6 is 0 Å². The van der Waals surface area contributed by atoms with E-state index < -0.39 is 0 Å². The molecule has 0 unspecified atom stereocenters. The van der Waals surface area contributed by atoms with Crippen molar-refractivity contribution in [2.45, 2.75) is 33.6 Å². The lowest BCUT2D eigenvalue weighted by atomic mass is 10.1. The number of aryl methyl sites for hydroxylation is 1. The van der Waals surface area contributed by atoms with E-state index in [1.54, 1.807) is 37.4 Å². The monoisotopic (exact) mass is 312 g/mol. The third-order valence-corrected chi connectivity index (χ3v) is 3.22. The fourth-order valence-electron chi connectivity index (χ4n) is 2.02. The molecule has 2 amide bonds. The van der Waals surface area contributed by atoms with Crippen molar-refractivity contribution < 1.29 is 9.59 Å². The number of carbonyl (C=O) groups is 2. The van der Waals surface area contributed by atoms with Gasteiger partial charge in [0.05, 0.1) is 11.3 Å². The molecular formula is C17H20N4O2. The van der Waals surface area contributed by atoms with Crippen LogP contribution < -0.4 is 10.6 Å². The van der Waals surface area contributed by atoms with E-state index in [9.17, 15) is 9.59 Å². The maximum absolute atomic E-state index is 12.3. The number of hydrogen-bond donors (Lipinski definition) is 2. The van der Waals surface area contributed by atoms with Crippen LogP contribution in [0, 0.1) is 6.92 Å². The molecule has 0 atom stereocenters. The Labute approximate surface area is 135 Å². The third kappa shape index (κ3) is 4.35. The van der Waals surface area contributed by atoms with Crippen molar-refractivity contribution >= 4 is 23.2 Å². The molecule has 2 rings (SSSR count). The van der Waals surface area contributed by atoms with Gasteiger partial charge in [0, 0.05) is 30.4 Å². The molecule has 120 valence electrons. The lowest BCUT2D eigenvalue weighted by molar-refractivity contribution is -0.114. The summed E-state index contributed by atoms with van der Waals surface area (Å²) in [7, 11) is 0. The highest BCUT2D eigenvalue weighted by Gasteiger charge is 2.13. The van der Waals surface area contributed by atoms with Crippen molar-refractivity contribution in [2.75, 3.05) is 10.6 Å². The third-order valence-electron chi connectivity index (χ3n) is 3.22. The fourth-order valence-corrected chi connectivity index (χ4v) is 2.02. The average Bonchev–Trinajstić information content (AvgIpc) is 2.48. The van der Waals surface area contributed by atoms with E-state index in [1.807, 2.05) is 13.8 Å². The van der Waals surface area contributed by atoms with Crippen molar-refractivity contribution in [3.05, 3.63) is 47.5 Å². The van der Waals surface area contributed by atoms with E-state index in [0.717, 1.165) is 5.82 Å². The van der Waals surface area contributed by atoms with Crippen molar-refractivity contribution in [3.63, 3.8) is 0 Å². The predicted octanol–water partition coefficient (Wildman–Crippen LogP) is 3.12. The second-order valence-electron chi connectivity index (χ2n) is 5.59. The predicted molar refractivity (Wildman–Crippen MR) is 89.6 cm³/mol. The summed E-state index contributed by atoms with van der Waals surface area (Å²) in [5.41, 5.74) is 2.41. The number of aromatic nitrogens is 2. The summed E-state index contributed by atoms with van der Waals surface area (Å²) in [6.45, 7) is 7.25. The van der Waals surface area contributed by atoms with Crippen LogP contribution in [0.3, 0.4) is 0 Å². The van der Waals surface area contributed by atoms with Gasteiger partial charge in [-0.2, -0.15) is 0 Å². The number of hydrogen-bond acceptors (Lipinski definition) is 4. The van der Waals surface area contributed by atoms with E-state index in [4.69, 9.17) is 0 Å². The minimum Gasteiger partial charge on any atom is -0.326 e. The summed E-state index contributed by atoms with van der Waals surface area (Å²) in [6, 6.07) is 6.90. The quantitative estimate of drug-likeness (QED) is 0.908. The van der Waals surface area contributed by atoms with Crippen molar-refractivity contribution in [3.8, 4) is 0 Å². The van der Waals surface area contributed by atoms with Gasteiger partial charge in [0.25, 0.3) is 5.91 Å². The second kappa shape index (κ2) is 7.00. The molecule has 2 N–H and O–H groups in total. The van der Waals surface area contributed by atoms with Crippen LogP contribution in [-0.2, 0) is 4.79 Å². The Bertz CT molecular complexity index is 724. The Hall–Kier alpha value is -2.76. The normalized spacial score (nSPS) is 10.5. The van der Waals surface area contributed by atoms with Gasteiger partial charge in [0.15, 0.2) is 0 Å².